The number of aromatic amines is 1. The second-order valence-corrected chi connectivity index (χ2v) is 4.81. The van der Waals surface area contributed by atoms with Crippen LogP contribution in [-0.4, -0.2) is 34.3 Å². The molecule has 5 aromatic rings. The Hall–Kier alpha value is -3.22. The SMILES string of the molecule is c1ccc2c(c1)[nH]c1c2c(-n2ccnc2)nn2cnnc12. The van der Waals surface area contributed by atoms with Crippen LogP contribution in [-0.2, 0) is 0 Å². The van der Waals surface area contributed by atoms with Crippen LogP contribution in [0.3, 0.4) is 0 Å². The van der Waals surface area contributed by atoms with E-state index in [0.29, 0.717) is 5.65 Å². The van der Waals surface area contributed by atoms with Gasteiger partial charge in [0, 0.05) is 23.3 Å². The molecule has 0 radical (unpaired) electrons. The molecule has 0 fully saturated rings. The molecule has 0 spiro atoms. The molecule has 21 heavy (non-hydrogen) atoms. The summed E-state index contributed by atoms with van der Waals surface area (Å²) in [5.41, 5.74) is 2.68. The molecule has 5 rings (SSSR count). The molecule has 0 aliphatic heterocycles. The van der Waals surface area contributed by atoms with Gasteiger partial charge in [-0.1, -0.05) is 18.2 Å². The van der Waals surface area contributed by atoms with E-state index < -0.39 is 0 Å². The predicted molar refractivity (Wildman–Crippen MR) is 77.3 cm³/mol. The van der Waals surface area contributed by atoms with Crippen LogP contribution in [0.25, 0.3) is 33.3 Å². The summed E-state index contributed by atoms with van der Waals surface area (Å²) in [7, 11) is 0. The fourth-order valence-corrected chi connectivity index (χ4v) is 2.73. The van der Waals surface area contributed by atoms with Crippen molar-refractivity contribution in [2.24, 2.45) is 0 Å². The largest absolute Gasteiger partial charge is 0.351 e. The maximum atomic E-state index is 4.62. The van der Waals surface area contributed by atoms with E-state index in [4.69, 9.17) is 0 Å². The van der Waals surface area contributed by atoms with Crippen molar-refractivity contribution in [3.8, 4) is 5.82 Å². The third-order valence-corrected chi connectivity index (χ3v) is 3.64. The Morgan fingerprint density at radius 1 is 1.10 bits per heavy atom. The molecule has 0 atom stereocenters. The lowest BCUT2D eigenvalue weighted by molar-refractivity contribution is 0.872. The number of benzene rings is 1. The number of hydrogen-bond acceptors (Lipinski definition) is 4. The van der Waals surface area contributed by atoms with E-state index in [2.05, 4.69) is 31.3 Å². The van der Waals surface area contributed by atoms with Gasteiger partial charge in [0.05, 0.1) is 10.9 Å². The average molecular weight is 275 g/mol. The van der Waals surface area contributed by atoms with Gasteiger partial charge in [-0.3, -0.25) is 4.57 Å². The predicted octanol–water partition coefficient (Wildman–Crippen LogP) is 1.94. The number of imidazole rings is 1. The molecule has 0 amide bonds. The lowest BCUT2D eigenvalue weighted by atomic mass is 10.2. The summed E-state index contributed by atoms with van der Waals surface area (Å²) in [6.45, 7) is 0. The third kappa shape index (κ3) is 1.32. The van der Waals surface area contributed by atoms with E-state index >= 15 is 0 Å². The van der Waals surface area contributed by atoms with Crippen molar-refractivity contribution in [2.45, 2.75) is 0 Å². The van der Waals surface area contributed by atoms with Gasteiger partial charge in [0.1, 0.15) is 12.7 Å². The first-order valence-electron chi connectivity index (χ1n) is 6.50. The summed E-state index contributed by atoms with van der Waals surface area (Å²) < 4.78 is 3.56. The molecule has 0 unspecified atom stereocenters. The van der Waals surface area contributed by atoms with Crippen molar-refractivity contribution in [1.29, 1.82) is 0 Å². The van der Waals surface area contributed by atoms with Crippen LogP contribution < -0.4 is 0 Å². The molecule has 1 N–H and O–H groups in total. The highest BCUT2D eigenvalue weighted by atomic mass is 15.4. The fraction of sp³-hybridized carbons (Fsp3) is 0. The van der Waals surface area contributed by atoms with E-state index in [1.54, 1.807) is 23.4 Å². The summed E-state index contributed by atoms with van der Waals surface area (Å²) in [6, 6.07) is 8.13. The normalized spacial score (nSPS) is 11.8. The third-order valence-electron chi connectivity index (χ3n) is 3.64. The Balaban J connectivity index is 2.10. The van der Waals surface area contributed by atoms with Crippen LogP contribution in [0.15, 0.2) is 49.3 Å². The van der Waals surface area contributed by atoms with Gasteiger partial charge in [-0.25, -0.2) is 4.98 Å². The standard InChI is InChI=1S/C14H9N7/c1-2-4-10-9(3-1)11-12(17-10)14-18-16-8-21(14)19-13(11)20-6-5-15-7-20/h1-8,17H. The first kappa shape index (κ1) is 10.6. The Morgan fingerprint density at radius 2 is 2.05 bits per heavy atom. The first-order valence-corrected chi connectivity index (χ1v) is 6.50. The lowest BCUT2D eigenvalue weighted by Crippen LogP contribution is -2.01. The van der Waals surface area contributed by atoms with Crippen LogP contribution in [0.2, 0.25) is 0 Å². The molecule has 0 saturated heterocycles. The number of aromatic nitrogens is 7. The van der Waals surface area contributed by atoms with Crippen LogP contribution >= 0.6 is 0 Å². The van der Waals surface area contributed by atoms with Gasteiger partial charge >= 0.3 is 0 Å². The quantitative estimate of drug-likeness (QED) is 0.507. The fourth-order valence-electron chi connectivity index (χ4n) is 2.73. The molecule has 0 bridgehead atoms. The number of rotatable bonds is 1. The van der Waals surface area contributed by atoms with Gasteiger partial charge in [0.25, 0.3) is 0 Å². The minimum Gasteiger partial charge on any atom is -0.351 e. The van der Waals surface area contributed by atoms with Crippen molar-refractivity contribution < 1.29 is 0 Å². The zero-order valence-corrected chi connectivity index (χ0v) is 10.8. The van der Waals surface area contributed by atoms with E-state index in [-0.39, 0.29) is 0 Å². The highest BCUT2D eigenvalue weighted by Gasteiger charge is 2.16. The minimum atomic E-state index is 0.713. The molecule has 7 nitrogen and oxygen atoms in total. The Labute approximate surface area is 117 Å². The zero-order valence-electron chi connectivity index (χ0n) is 10.8. The number of hydrogen-bond donors (Lipinski definition) is 1. The molecule has 1 aromatic carbocycles. The van der Waals surface area contributed by atoms with Crippen molar-refractivity contribution in [1.82, 2.24) is 34.3 Å². The Bertz CT molecular complexity index is 1080. The van der Waals surface area contributed by atoms with Gasteiger partial charge in [-0.05, 0) is 6.07 Å². The van der Waals surface area contributed by atoms with Gasteiger partial charge in [-0.15, -0.1) is 15.3 Å². The topological polar surface area (TPSA) is 76.7 Å². The molecule has 0 aliphatic carbocycles. The van der Waals surface area contributed by atoms with Gasteiger partial charge in [0.15, 0.2) is 5.82 Å². The van der Waals surface area contributed by atoms with E-state index in [0.717, 1.165) is 27.6 Å². The van der Waals surface area contributed by atoms with Crippen LogP contribution in [0.5, 0.6) is 0 Å². The van der Waals surface area contributed by atoms with E-state index in [9.17, 15) is 0 Å². The molecule has 4 aromatic heterocycles. The highest BCUT2D eigenvalue weighted by molar-refractivity contribution is 6.14. The maximum Gasteiger partial charge on any atom is 0.201 e. The smallest absolute Gasteiger partial charge is 0.201 e. The molecular weight excluding hydrogens is 266 g/mol. The number of fused-ring (bicyclic) bond motifs is 5. The van der Waals surface area contributed by atoms with E-state index in [1.165, 1.54) is 0 Å². The molecule has 0 aliphatic rings. The summed E-state index contributed by atoms with van der Waals surface area (Å²) in [5, 5.41) is 14.9. The van der Waals surface area contributed by atoms with Crippen molar-refractivity contribution >= 4 is 27.5 Å². The summed E-state index contributed by atoms with van der Waals surface area (Å²) >= 11 is 0. The number of H-pyrrole nitrogens is 1. The van der Waals surface area contributed by atoms with Crippen LogP contribution in [0.4, 0.5) is 0 Å². The average Bonchev–Trinajstić information content (AvgIpc) is 3.24. The lowest BCUT2D eigenvalue weighted by Gasteiger charge is -2.04. The van der Waals surface area contributed by atoms with Gasteiger partial charge < -0.3 is 4.98 Å². The maximum absolute atomic E-state index is 4.62. The molecule has 7 heteroatoms. The summed E-state index contributed by atoms with van der Waals surface area (Å²) in [5.74, 6) is 0.798. The Morgan fingerprint density at radius 3 is 2.95 bits per heavy atom. The van der Waals surface area contributed by atoms with Crippen molar-refractivity contribution in [3.63, 3.8) is 0 Å². The van der Waals surface area contributed by atoms with Crippen molar-refractivity contribution in [2.75, 3.05) is 0 Å². The monoisotopic (exact) mass is 275 g/mol. The van der Waals surface area contributed by atoms with Crippen molar-refractivity contribution in [3.05, 3.63) is 49.3 Å². The van der Waals surface area contributed by atoms with Gasteiger partial charge in [-0.2, -0.15) is 4.52 Å². The van der Waals surface area contributed by atoms with E-state index in [1.807, 2.05) is 29.0 Å². The van der Waals surface area contributed by atoms with Crippen LogP contribution in [0.1, 0.15) is 0 Å². The second-order valence-electron chi connectivity index (χ2n) is 4.81. The van der Waals surface area contributed by atoms with Gasteiger partial charge in [0.2, 0.25) is 5.65 Å². The Kier molecular flexibility index (Phi) is 1.84. The molecular formula is C14H9N7. The minimum absolute atomic E-state index is 0.713. The molecule has 0 saturated carbocycles. The second kappa shape index (κ2) is 3.66. The summed E-state index contributed by atoms with van der Waals surface area (Å²) in [4.78, 5) is 7.52. The summed E-state index contributed by atoms with van der Waals surface area (Å²) in [6.07, 6.45) is 6.94. The number of nitrogens with one attached hydrogen (secondary N) is 1. The zero-order chi connectivity index (χ0) is 13.8. The number of para-hydroxylation sites is 1. The first-order chi connectivity index (χ1) is 10.4. The highest BCUT2D eigenvalue weighted by Crippen LogP contribution is 2.30. The number of nitrogens with zero attached hydrogens (tertiary/aromatic N) is 6. The molecule has 100 valence electrons. The van der Waals surface area contributed by atoms with Crippen LogP contribution in [0, 0.1) is 0 Å². The molecule has 4 heterocycles.